The molecule has 0 saturated heterocycles. The lowest BCUT2D eigenvalue weighted by Gasteiger charge is -2.33. The van der Waals surface area contributed by atoms with Gasteiger partial charge in [0.25, 0.3) is 0 Å². The molecule has 0 spiro atoms. The smallest absolute Gasteiger partial charge is 0.0817 e. The molecule has 0 amide bonds. The Kier molecular flexibility index (Phi) is 11.4. The van der Waals surface area contributed by atoms with E-state index in [0.717, 1.165) is 215 Å². The number of hydrogen-bond donors (Lipinski definition) is 0. The van der Waals surface area contributed by atoms with Gasteiger partial charge in [0, 0.05) is 98.1 Å². The van der Waals surface area contributed by atoms with Crippen molar-refractivity contribution in [3.8, 4) is 100 Å². The minimum absolute atomic E-state index is 0.899. The molecule has 6 heterocycles. The molecule has 7 heteroatoms. The van der Waals surface area contributed by atoms with Crippen molar-refractivity contribution in [2.24, 2.45) is 30.0 Å². The van der Waals surface area contributed by atoms with Gasteiger partial charge in [0.1, 0.15) is 0 Å². The third-order valence-corrected chi connectivity index (χ3v) is 20.3. The molecule has 0 N–H and O–H groups in total. The van der Waals surface area contributed by atoms with E-state index < -0.39 is 0 Å². The van der Waals surface area contributed by atoms with Crippen LogP contribution >= 0.6 is 0 Å². The Morgan fingerprint density at radius 1 is 0.165 bits per heavy atom. The fraction of sp³-hybridized carbons (Fsp3) is 0. The zero-order chi connectivity index (χ0) is 63.4. The molecule has 0 bridgehead atoms. The van der Waals surface area contributed by atoms with Crippen LogP contribution < -0.4 is 37.0 Å². The third-order valence-electron chi connectivity index (χ3n) is 20.3. The van der Waals surface area contributed by atoms with Crippen molar-refractivity contribution in [3.05, 3.63) is 373 Å². The van der Waals surface area contributed by atoms with E-state index in [4.69, 9.17) is 30.0 Å². The predicted octanol–water partition coefficient (Wildman–Crippen LogP) is 19.6. The predicted molar refractivity (Wildman–Crippen MR) is 387 cm³/mol. The van der Waals surface area contributed by atoms with Crippen molar-refractivity contribution < 1.29 is 0 Å². The fourth-order valence-electron chi connectivity index (χ4n) is 16.2. The number of rotatable bonds is 9. The molecule has 7 nitrogen and oxygen atoms in total. The van der Waals surface area contributed by atoms with E-state index >= 15 is 0 Å². The highest BCUT2D eigenvalue weighted by Crippen LogP contribution is 2.59. The van der Waals surface area contributed by atoms with E-state index in [1.54, 1.807) is 0 Å². The van der Waals surface area contributed by atoms with Crippen LogP contribution in [0.4, 0.5) is 51.2 Å². The largest absolute Gasteiger partial charge is 0.309 e. The lowest BCUT2D eigenvalue weighted by molar-refractivity contribution is 1.28. The lowest BCUT2D eigenvalue weighted by Crippen LogP contribution is -2.14. The molecule has 446 valence electrons. The van der Waals surface area contributed by atoms with Gasteiger partial charge >= 0.3 is 0 Å². The Morgan fingerprint density at radius 3 is 0.763 bits per heavy atom. The van der Waals surface area contributed by atoms with Crippen molar-refractivity contribution in [3.63, 3.8) is 0 Å². The number of nitrogens with zero attached hydrogens (tertiary/aromatic N) is 7. The van der Waals surface area contributed by atoms with Gasteiger partial charge in [-0.1, -0.05) is 218 Å². The molecule has 6 aliphatic heterocycles. The maximum atomic E-state index is 5.52. The molecule has 0 fully saturated rings. The van der Waals surface area contributed by atoms with Gasteiger partial charge in [0.05, 0.1) is 83.3 Å². The Balaban J connectivity index is 0.902. The van der Waals surface area contributed by atoms with Crippen LogP contribution in [0.25, 0.3) is 100 Å². The van der Waals surface area contributed by atoms with Gasteiger partial charge in [-0.25, -0.2) is 30.0 Å². The number of para-hydroxylation sites is 6. The standard InChI is InChI=1S/C90H51N7/c1-4-22-52(23-5-1)55-40-46-70-82(85-73(91-70)49-43-61-58-28-10-16-34-67(58)94-88(61)85)79(55)64-31-13-19-37-76(64)97(77-38-20-14-32-65(77)80-56(53-24-6-2-7-25-53)41-47-71-83(80)86-74(92-71)50-44-62-59-29-11-17-35-68(59)95-89(62)86)78-39-21-15-33-66(78)81-57(54-26-8-3-9-27-54)42-48-72-84(81)87-75(93-72)51-45-63-60-30-12-18-36-69(60)96-90(63)87/h1-51H. The molecule has 0 aromatic heterocycles. The average Bonchev–Trinajstić information content (AvgIpc) is 1.63. The summed E-state index contributed by atoms with van der Waals surface area (Å²) in [5.41, 5.74) is 27.4. The Morgan fingerprint density at radius 2 is 0.443 bits per heavy atom. The summed E-state index contributed by atoms with van der Waals surface area (Å²) in [5, 5.41) is 12.3. The SMILES string of the molecule is c1ccc(-c2ccc3c(c2-c2ccccc2N(c2ccccc2-c2c(-c4ccccc4)ccc4c2-c2c5c(ccc2=N4)=c2ccccc2=N5)c2ccccc2-c2c(-c4ccccc4)ccc4c2-c2c5c(ccc2=N4)=c2ccccc2=N5)-c2c4c(ccc2=N3)=c2ccccc2=N4)cc1. The minimum atomic E-state index is 0.899. The van der Waals surface area contributed by atoms with E-state index in [1.165, 1.54) is 0 Å². The van der Waals surface area contributed by atoms with Gasteiger partial charge in [-0.2, -0.15) is 0 Å². The van der Waals surface area contributed by atoms with Crippen LogP contribution in [0.3, 0.4) is 0 Å². The second-order valence-electron chi connectivity index (χ2n) is 25.4. The Hall–Kier alpha value is -13.1. The quantitative estimate of drug-likeness (QED) is 0.142. The Labute approximate surface area is 555 Å². The highest BCUT2D eigenvalue weighted by atomic mass is 15.2. The van der Waals surface area contributed by atoms with Gasteiger partial charge in [-0.15, -0.1) is 0 Å². The fourth-order valence-corrected chi connectivity index (χ4v) is 16.2. The van der Waals surface area contributed by atoms with Crippen LogP contribution in [0.1, 0.15) is 0 Å². The first-order chi connectivity index (χ1) is 48.1. The number of benzene rings is 15. The van der Waals surface area contributed by atoms with Crippen molar-refractivity contribution in [2.75, 3.05) is 4.90 Å². The van der Waals surface area contributed by atoms with Gasteiger partial charge in [0.2, 0.25) is 0 Å². The van der Waals surface area contributed by atoms with Crippen molar-refractivity contribution in [1.29, 1.82) is 0 Å². The lowest BCUT2D eigenvalue weighted by atomic mass is 9.83. The molecule has 0 atom stereocenters. The molecule has 0 radical (unpaired) electrons. The number of fused-ring (bicyclic) bond motifs is 18. The van der Waals surface area contributed by atoms with E-state index in [-0.39, 0.29) is 0 Å². The topological polar surface area (TPSA) is 77.4 Å². The van der Waals surface area contributed by atoms with Crippen molar-refractivity contribution in [1.82, 2.24) is 0 Å². The van der Waals surface area contributed by atoms with Crippen LogP contribution in [0.15, 0.2) is 339 Å². The molecule has 0 saturated carbocycles. The van der Waals surface area contributed by atoms with Crippen LogP contribution in [-0.2, 0) is 0 Å². The van der Waals surface area contributed by atoms with Crippen LogP contribution in [0.5, 0.6) is 0 Å². The van der Waals surface area contributed by atoms with Crippen LogP contribution in [0, 0.1) is 31.3 Å². The van der Waals surface area contributed by atoms with Crippen molar-refractivity contribution >= 4 is 51.2 Å². The highest BCUT2D eigenvalue weighted by molar-refractivity contribution is 6.13. The average molecular weight is 1230 g/mol. The second kappa shape index (κ2) is 20.7. The molecular formula is C90H51N7. The summed E-state index contributed by atoms with van der Waals surface area (Å²) in [4.78, 5) is 35.6. The molecule has 15 aromatic carbocycles. The van der Waals surface area contributed by atoms with E-state index in [9.17, 15) is 0 Å². The first-order valence-corrected chi connectivity index (χ1v) is 33.0. The number of anilines is 3. The summed E-state index contributed by atoms with van der Waals surface area (Å²) in [6.07, 6.45) is 0. The molecular weight excluding hydrogens is 1180 g/mol. The normalized spacial score (nSPS) is 12.6. The maximum Gasteiger partial charge on any atom is 0.0817 e. The molecule has 6 aliphatic rings. The monoisotopic (exact) mass is 1230 g/mol. The first-order valence-electron chi connectivity index (χ1n) is 33.0. The van der Waals surface area contributed by atoms with Crippen LogP contribution in [-0.4, -0.2) is 0 Å². The minimum Gasteiger partial charge on any atom is -0.309 e. The summed E-state index contributed by atoms with van der Waals surface area (Å²) >= 11 is 0. The zero-order valence-corrected chi connectivity index (χ0v) is 52.1. The zero-order valence-electron chi connectivity index (χ0n) is 52.1. The molecule has 0 aliphatic carbocycles. The van der Waals surface area contributed by atoms with E-state index in [0.29, 0.717) is 0 Å². The van der Waals surface area contributed by atoms with Gasteiger partial charge in [0.15, 0.2) is 0 Å². The third kappa shape index (κ3) is 7.85. The van der Waals surface area contributed by atoms with Gasteiger partial charge in [-0.05, 0) is 124 Å². The van der Waals surface area contributed by atoms with E-state index in [1.807, 2.05) is 0 Å². The maximum absolute atomic E-state index is 5.52. The summed E-state index contributed by atoms with van der Waals surface area (Å²) in [6, 6.07) is 112. The Bertz CT molecular complexity index is 6160. The summed E-state index contributed by atoms with van der Waals surface area (Å²) < 4.78 is 0. The van der Waals surface area contributed by atoms with Gasteiger partial charge < -0.3 is 4.90 Å². The van der Waals surface area contributed by atoms with Crippen LogP contribution in [0.2, 0.25) is 0 Å². The molecule has 97 heavy (non-hydrogen) atoms. The summed E-state index contributed by atoms with van der Waals surface area (Å²) in [5.74, 6) is 0. The first kappa shape index (κ1) is 53.4. The summed E-state index contributed by atoms with van der Waals surface area (Å²) in [6.45, 7) is 0. The molecule has 15 aromatic rings. The van der Waals surface area contributed by atoms with Crippen molar-refractivity contribution in [2.45, 2.75) is 0 Å². The van der Waals surface area contributed by atoms with Gasteiger partial charge in [-0.3, -0.25) is 0 Å². The highest BCUT2D eigenvalue weighted by Gasteiger charge is 2.35. The summed E-state index contributed by atoms with van der Waals surface area (Å²) in [7, 11) is 0. The molecule has 0 unspecified atom stereocenters. The number of hydrogen-bond acceptors (Lipinski definition) is 7. The molecule has 21 rings (SSSR count). The second-order valence-corrected chi connectivity index (χ2v) is 25.4. The van der Waals surface area contributed by atoms with E-state index in [2.05, 4.69) is 314 Å².